The summed E-state index contributed by atoms with van der Waals surface area (Å²) in [7, 11) is 0. The van der Waals surface area contributed by atoms with Crippen LogP contribution in [-0.2, 0) is 4.74 Å². The Morgan fingerprint density at radius 3 is 2.76 bits per heavy atom. The fourth-order valence-electron chi connectivity index (χ4n) is 1.37. The number of nitrogens with two attached hydrogens (primary N) is 1. The molecule has 94 valence electrons. The van der Waals surface area contributed by atoms with E-state index in [0.717, 1.165) is 0 Å². The Morgan fingerprint density at radius 1 is 1.53 bits per heavy atom. The molecular formula is C12H17NO4. The molecule has 0 saturated heterocycles. The molecular weight excluding hydrogens is 222 g/mol. The quantitative estimate of drug-likeness (QED) is 0.632. The second kappa shape index (κ2) is 6.34. The number of hydrogen-bond donors (Lipinski definition) is 3. The van der Waals surface area contributed by atoms with Crippen molar-refractivity contribution in [2.24, 2.45) is 5.73 Å². The fraction of sp³-hybridized carbons (Fsp3) is 0.417. The van der Waals surface area contributed by atoms with Gasteiger partial charge in [-0.05, 0) is 18.6 Å². The number of rotatable bonds is 6. The van der Waals surface area contributed by atoms with Crippen molar-refractivity contribution in [1.29, 1.82) is 0 Å². The Morgan fingerprint density at radius 2 is 2.24 bits per heavy atom. The molecule has 0 spiro atoms. The zero-order chi connectivity index (χ0) is 12.8. The van der Waals surface area contributed by atoms with E-state index in [2.05, 4.69) is 0 Å². The summed E-state index contributed by atoms with van der Waals surface area (Å²) in [6.07, 6.45) is -1.02. The van der Waals surface area contributed by atoms with Crippen LogP contribution in [0.3, 0.4) is 0 Å². The van der Waals surface area contributed by atoms with Gasteiger partial charge in [-0.15, -0.1) is 0 Å². The van der Waals surface area contributed by atoms with E-state index in [0.29, 0.717) is 17.5 Å². The van der Waals surface area contributed by atoms with Crippen LogP contribution in [0.1, 0.15) is 35.6 Å². The highest BCUT2D eigenvalue weighted by Gasteiger charge is 2.14. The molecule has 0 fully saturated rings. The molecule has 1 aromatic carbocycles. The second-order valence-corrected chi connectivity index (χ2v) is 3.69. The molecule has 0 aliphatic rings. The topological polar surface area (TPSA) is 92.8 Å². The summed E-state index contributed by atoms with van der Waals surface area (Å²) in [6, 6.07) is 6.27. The van der Waals surface area contributed by atoms with Gasteiger partial charge in [0.2, 0.25) is 5.91 Å². The summed E-state index contributed by atoms with van der Waals surface area (Å²) in [5, 5.41) is 18.7. The Labute approximate surface area is 99.8 Å². The van der Waals surface area contributed by atoms with Crippen molar-refractivity contribution in [1.82, 2.24) is 0 Å². The predicted molar refractivity (Wildman–Crippen MR) is 62.2 cm³/mol. The van der Waals surface area contributed by atoms with E-state index in [-0.39, 0.29) is 6.61 Å². The molecule has 5 heteroatoms. The normalized spacial score (nSPS) is 14.3. The summed E-state index contributed by atoms with van der Waals surface area (Å²) >= 11 is 0. The predicted octanol–water partition coefficient (Wildman–Crippen LogP) is 0.564. The van der Waals surface area contributed by atoms with Gasteiger partial charge in [-0.25, -0.2) is 0 Å². The van der Waals surface area contributed by atoms with Crippen molar-refractivity contribution in [2.45, 2.75) is 25.7 Å². The molecule has 0 radical (unpaired) electrons. The minimum Gasteiger partial charge on any atom is -0.394 e. The zero-order valence-corrected chi connectivity index (χ0v) is 9.67. The number of aliphatic hydroxyl groups excluding tert-OH is 2. The smallest absolute Gasteiger partial charge is 0.248 e. The SMILES string of the molecule is CCC(CO)O[C@H](O)c1cccc(C(N)=O)c1. The van der Waals surface area contributed by atoms with Gasteiger partial charge in [-0.1, -0.05) is 19.1 Å². The summed E-state index contributed by atoms with van der Waals surface area (Å²) < 4.78 is 5.22. The van der Waals surface area contributed by atoms with Crippen molar-refractivity contribution < 1.29 is 19.7 Å². The molecule has 1 unspecified atom stereocenters. The van der Waals surface area contributed by atoms with Crippen LogP contribution in [0.4, 0.5) is 0 Å². The van der Waals surface area contributed by atoms with Crippen molar-refractivity contribution in [3.05, 3.63) is 35.4 Å². The maximum atomic E-state index is 11.0. The number of amides is 1. The van der Waals surface area contributed by atoms with Crippen LogP contribution in [0, 0.1) is 0 Å². The van der Waals surface area contributed by atoms with Crippen molar-refractivity contribution in [2.75, 3.05) is 6.61 Å². The van der Waals surface area contributed by atoms with Crippen LogP contribution in [0.25, 0.3) is 0 Å². The Hall–Kier alpha value is -1.43. The number of hydrogen-bond acceptors (Lipinski definition) is 4. The fourth-order valence-corrected chi connectivity index (χ4v) is 1.37. The molecule has 2 atom stereocenters. The van der Waals surface area contributed by atoms with Crippen LogP contribution < -0.4 is 5.73 Å². The van der Waals surface area contributed by atoms with Gasteiger partial charge in [0.05, 0.1) is 12.7 Å². The lowest BCUT2D eigenvalue weighted by Crippen LogP contribution is -2.20. The van der Waals surface area contributed by atoms with Gasteiger partial charge in [0.1, 0.15) is 0 Å². The minimum absolute atomic E-state index is 0.164. The molecule has 5 nitrogen and oxygen atoms in total. The Balaban J connectivity index is 2.78. The maximum absolute atomic E-state index is 11.0. The lowest BCUT2D eigenvalue weighted by atomic mass is 10.1. The van der Waals surface area contributed by atoms with Crippen molar-refractivity contribution in [3.63, 3.8) is 0 Å². The molecule has 4 N–H and O–H groups in total. The van der Waals surface area contributed by atoms with E-state index in [4.69, 9.17) is 15.6 Å². The summed E-state index contributed by atoms with van der Waals surface area (Å²) in [5.74, 6) is -0.562. The first-order valence-corrected chi connectivity index (χ1v) is 5.42. The highest BCUT2D eigenvalue weighted by Crippen LogP contribution is 2.18. The van der Waals surface area contributed by atoms with Crippen LogP contribution in [0.2, 0.25) is 0 Å². The molecule has 1 amide bonds. The number of ether oxygens (including phenoxy) is 1. The van der Waals surface area contributed by atoms with Gasteiger partial charge in [-0.2, -0.15) is 0 Å². The number of aliphatic hydroxyl groups is 2. The first kappa shape index (κ1) is 13.6. The first-order valence-electron chi connectivity index (χ1n) is 5.42. The van der Waals surface area contributed by atoms with Crippen molar-refractivity contribution in [3.8, 4) is 0 Å². The van der Waals surface area contributed by atoms with E-state index < -0.39 is 18.3 Å². The molecule has 0 aliphatic heterocycles. The summed E-state index contributed by atoms with van der Waals surface area (Å²) in [5.41, 5.74) is 5.88. The van der Waals surface area contributed by atoms with E-state index >= 15 is 0 Å². The van der Waals surface area contributed by atoms with E-state index in [1.54, 1.807) is 18.2 Å². The number of carbonyl (C=O) groups excluding carboxylic acids is 1. The van der Waals surface area contributed by atoms with Crippen LogP contribution in [-0.4, -0.2) is 28.8 Å². The highest BCUT2D eigenvalue weighted by molar-refractivity contribution is 5.92. The summed E-state index contributed by atoms with van der Waals surface area (Å²) in [6.45, 7) is 1.68. The summed E-state index contributed by atoms with van der Waals surface area (Å²) in [4.78, 5) is 11.0. The van der Waals surface area contributed by atoms with E-state index in [1.807, 2.05) is 6.92 Å². The van der Waals surface area contributed by atoms with E-state index in [9.17, 15) is 9.90 Å². The van der Waals surface area contributed by atoms with Crippen LogP contribution in [0.5, 0.6) is 0 Å². The largest absolute Gasteiger partial charge is 0.394 e. The molecule has 1 aromatic rings. The molecule has 0 bridgehead atoms. The average Bonchev–Trinajstić information content (AvgIpc) is 2.35. The number of benzene rings is 1. The van der Waals surface area contributed by atoms with Gasteiger partial charge in [0.25, 0.3) is 0 Å². The van der Waals surface area contributed by atoms with E-state index in [1.165, 1.54) is 6.07 Å². The molecule has 0 heterocycles. The van der Waals surface area contributed by atoms with Gasteiger partial charge >= 0.3 is 0 Å². The highest BCUT2D eigenvalue weighted by atomic mass is 16.6. The Kier molecular flexibility index (Phi) is 5.09. The van der Waals surface area contributed by atoms with Gasteiger partial charge < -0.3 is 20.7 Å². The lowest BCUT2D eigenvalue weighted by molar-refractivity contribution is -0.151. The van der Waals surface area contributed by atoms with Gasteiger partial charge in [-0.3, -0.25) is 4.79 Å². The van der Waals surface area contributed by atoms with Crippen LogP contribution >= 0.6 is 0 Å². The molecule has 0 saturated carbocycles. The third-order valence-electron chi connectivity index (χ3n) is 2.44. The number of carbonyl (C=O) groups is 1. The zero-order valence-electron chi connectivity index (χ0n) is 9.67. The molecule has 17 heavy (non-hydrogen) atoms. The first-order chi connectivity index (χ1) is 8.08. The van der Waals surface area contributed by atoms with Crippen LogP contribution in [0.15, 0.2) is 24.3 Å². The molecule has 1 rings (SSSR count). The third kappa shape index (κ3) is 3.81. The Bertz CT molecular complexity index is 377. The maximum Gasteiger partial charge on any atom is 0.248 e. The molecule has 0 aromatic heterocycles. The minimum atomic E-state index is -1.17. The van der Waals surface area contributed by atoms with Crippen molar-refractivity contribution >= 4 is 5.91 Å². The molecule has 0 aliphatic carbocycles. The number of primary amides is 1. The standard InChI is InChI=1S/C12H17NO4/c1-2-10(7-14)17-12(16)9-5-3-4-8(6-9)11(13)15/h3-6,10,12,14,16H,2,7H2,1H3,(H2,13,15)/t10?,12-/m0/s1. The van der Waals surface area contributed by atoms with Gasteiger partial charge in [0.15, 0.2) is 6.29 Å². The second-order valence-electron chi connectivity index (χ2n) is 3.69. The third-order valence-corrected chi connectivity index (χ3v) is 2.44. The van der Waals surface area contributed by atoms with Gasteiger partial charge in [0, 0.05) is 11.1 Å². The average molecular weight is 239 g/mol. The monoisotopic (exact) mass is 239 g/mol. The lowest BCUT2D eigenvalue weighted by Gasteiger charge is -2.19.